The summed E-state index contributed by atoms with van der Waals surface area (Å²) in [4.78, 5) is 10.8. The minimum absolute atomic E-state index is 0.00472. The Bertz CT molecular complexity index is 114. The van der Waals surface area contributed by atoms with E-state index < -0.39 is 0 Å². The van der Waals surface area contributed by atoms with E-state index in [9.17, 15) is 4.79 Å². The maximum absolute atomic E-state index is 10.8. The van der Waals surface area contributed by atoms with Gasteiger partial charge in [0.2, 0.25) is 0 Å². The van der Waals surface area contributed by atoms with E-state index in [0.717, 1.165) is 6.42 Å². The van der Waals surface area contributed by atoms with Gasteiger partial charge in [0.25, 0.3) is 0 Å². The molecule has 0 N–H and O–H groups in total. The number of esters is 1. The summed E-state index contributed by atoms with van der Waals surface area (Å²) in [6.07, 6.45) is 0.850. The smallest absolute Gasteiger partial charge is 0.330 e. The lowest BCUT2D eigenvalue weighted by molar-refractivity contribution is -0.145. The summed E-state index contributed by atoms with van der Waals surface area (Å²) in [5.41, 5.74) is 0. The van der Waals surface area contributed by atoms with E-state index in [2.05, 4.69) is 31.9 Å². The van der Waals surface area contributed by atoms with Crippen molar-refractivity contribution < 1.29 is 9.53 Å². The monoisotopic (exact) mass is 272 g/mol. The van der Waals surface area contributed by atoms with Gasteiger partial charge in [-0.25, -0.2) is 4.79 Å². The van der Waals surface area contributed by atoms with Crippen LogP contribution in [0, 0.1) is 0 Å². The molecule has 60 valence electrons. The SMILES string of the molecule is CCC(C)OC(=O)C(Br)Br. The molecule has 0 heterocycles. The number of carbonyl (C=O) groups is 1. The van der Waals surface area contributed by atoms with Crippen molar-refractivity contribution in [2.24, 2.45) is 0 Å². The molecule has 1 unspecified atom stereocenters. The third kappa shape index (κ3) is 4.28. The zero-order valence-electron chi connectivity index (χ0n) is 5.93. The van der Waals surface area contributed by atoms with Gasteiger partial charge in [0.05, 0.1) is 6.10 Å². The van der Waals surface area contributed by atoms with Crippen LogP contribution in [0.4, 0.5) is 0 Å². The molecule has 0 bridgehead atoms. The predicted octanol–water partition coefficient (Wildman–Crippen LogP) is 2.44. The number of carbonyl (C=O) groups excluding carboxylic acids is 1. The van der Waals surface area contributed by atoms with Crippen molar-refractivity contribution in [3.05, 3.63) is 0 Å². The van der Waals surface area contributed by atoms with Gasteiger partial charge in [-0.1, -0.05) is 38.8 Å². The lowest BCUT2D eigenvalue weighted by Gasteiger charge is -2.10. The molecule has 0 aromatic heterocycles. The van der Waals surface area contributed by atoms with Gasteiger partial charge in [-0.3, -0.25) is 0 Å². The summed E-state index contributed by atoms with van der Waals surface area (Å²) in [7, 11) is 0. The molecule has 0 aliphatic rings. The topological polar surface area (TPSA) is 26.3 Å². The molecule has 4 heteroatoms. The lowest BCUT2D eigenvalue weighted by atomic mass is 10.3. The number of ether oxygens (including phenoxy) is 1. The minimum Gasteiger partial charge on any atom is -0.461 e. The maximum atomic E-state index is 10.8. The summed E-state index contributed by atoms with van der Waals surface area (Å²) in [6.45, 7) is 3.83. The molecule has 0 spiro atoms. The number of halogens is 2. The molecule has 1 atom stereocenters. The molecular weight excluding hydrogens is 264 g/mol. The summed E-state index contributed by atoms with van der Waals surface area (Å²) >= 11 is 6.08. The van der Waals surface area contributed by atoms with Gasteiger partial charge in [-0.2, -0.15) is 0 Å². The number of hydrogen-bond acceptors (Lipinski definition) is 2. The Hall–Kier alpha value is 0.430. The molecule has 10 heavy (non-hydrogen) atoms. The molecule has 2 nitrogen and oxygen atoms in total. The third-order valence-corrected chi connectivity index (χ3v) is 1.82. The van der Waals surface area contributed by atoms with Gasteiger partial charge in [0.1, 0.15) is 0 Å². The van der Waals surface area contributed by atoms with Crippen LogP contribution in [0.2, 0.25) is 0 Å². The van der Waals surface area contributed by atoms with E-state index >= 15 is 0 Å². The second kappa shape index (κ2) is 5.13. The maximum Gasteiger partial charge on any atom is 0.330 e. The molecule has 0 saturated heterocycles. The van der Waals surface area contributed by atoms with Crippen LogP contribution in [-0.4, -0.2) is 15.8 Å². The van der Waals surface area contributed by atoms with Crippen molar-refractivity contribution in [1.29, 1.82) is 0 Å². The molecule has 0 aromatic carbocycles. The van der Waals surface area contributed by atoms with Crippen LogP contribution in [0.3, 0.4) is 0 Å². The van der Waals surface area contributed by atoms with Crippen molar-refractivity contribution in [1.82, 2.24) is 0 Å². The Labute approximate surface area is 77.6 Å². The zero-order valence-corrected chi connectivity index (χ0v) is 9.11. The highest BCUT2D eigenvalue weighted by Crippen LogP contribution is 2.11. The standard InChI is InChI=1S/C6H10Br2O2/c1-3-4(2)10-6(9)5(7)8/h4-5H,3H2,1-2H3. The van der Waals surface area contributed by atoms with E-state index in [0.29, 0.717) is 0 Å². The predicted molar refractivity (Wildman–Crippen MR) is 47.5 cm³/mol. The first-order chi connectivity index (χ1) is 4.57. The van der Waals surface area contributed by atoms with Crippen LogP contribution in [0.5, 0.6) is 0 Å². The van der Waals surface area contributed by atoms with Crippen LogP contribution in [0.1, 0.15) is 20.3 Å². The van der Waals surface area contributed by atoms with Crippen LogP contribution in [0.15, 0.2) is 0 Å². The van der Waals surface area contributed by atoms with Crippen molar-refractivity contribution in [2.75, 3.05) is 0 Å². The van der Waals surface area contributed by atoms with Gasteiger partial charge < -0.3 is 4.74 Å². The highest BCUT2D eigenvalue weighted by Gasteiger charge is 2.13. The first-order valence-corrected chi connectivity index (χ1v) is 4.89. The average molecular weight is 274 g/mol. The van der Waals surface area contributed by atoms with E-state index in [1.807, 2.05) is 13.8 Å². The summed E-state index contributed by atoms with van der Waals surface area (Å²) in [5.74, 6) is -0.269. The van der Waals surface area contributed by atoms with Crippen LogP contribution >= 0.6 is 31.9 Å². The van der Waals surface area contributed by atoms with Gasteiger partial charge in [0.15, 0.2) is 3.74 Å². The number of alkyl halides is 2. The van der Waals surface area contributed by atoms with Crippen LogP contribution in [0.25, 0.3) is 0 Å². The number of rotatable bonds is 3. The fourth-order valence-electron chi connectivity index (χ4n) is 0.333. The van der Waals surface area contributed by atoms with Crippen molar-refractivity contribution >= 4 is 37.8 Å². The second-order valence-electron chi connectivity index (χ2n) is 1.96. The molecular formula is C6H10Br2O2. The van der Waals surface area contributed by atoms with Crippen molar-refractivity contribution in [2.45, 2.75) is 30.1 Å². The van der Waals surface area contributed by atoms with Crippen molar-refractivity contribution in [3.63, 3.8) is 0 Å². The first kappa shape index (κ1) is 10.4. The summed E-state index contributed by atoms with van der Waals surface area (Å²) < 4.78 is 4.55. The molecule has 0 saturated carbocycles. The van der Waals surface area contributed by atoms with Gasteiger partial charge in [-0.15, -0.1) is 0 Å². The largest absolute Gasteiger partial charge is 0.461 e. The molecule has 0 aromatic rings. The van der Waals surface area contributed by atoms with E-state index in [1.165, 1.54) is 0 Å². The van der Waals surface area contributed by atoms with E-state index in [4.69, 9.17) is 4.74 Å². The Morgan fingerprint density at radius 3 is 2.40 bits per heavy atom. The molecule has 0 fully saturated rings. The summed E-state index contributed by atoms with van der Waals surface area (Å²) in [6, 6.07) is 0. The quantitative estimate of drug-likeness (QED) is 0.583. The Balaban J connectivity index is 3.57. The fraction of sp³-hybridized carbons (Fsp3) is 0.833. The Kier molecular flexibility index (Phi) is 5.35. The van der Waals surface area contributed by atoms with Gasteiger partial charge in [-0.05, 0) is 13.3 Å². The summed E-state index contributed by atoms with van der Waals surface area (Å²) in [5, 5.41) is 0. The highest BCUT2D eigenvalue weighted by atomic mass is 79.9. The van der Waals surface area contributed by atoms with Gasteiger partial charge >= 0.3 is 5.97 Å². The first-order valence-electron chi connectivity index (χ1n) is 3.06. The Morgan fingerprint density at radius 1 is 1.60 bits per heavy atom. The van der Waals surface area contributed by atoms with E-state index in [1.54, 1.807) is 0 Å². The molecule has 0 amide bonds. The highest BCUT2D eigenvalue weighted by molar-refractivity contribution is 9.25. The van der Waals surface area contributed by atoms with Crippen molar-refractivity contribution in [3.8, 4) is 0 Å². The third-order valence-electron chi connectivity index (χ3n) is 1.07. The minimum atomic E-state index is -0.381. The molecule has 0 rings (SSSR count). The average Bonchev–Trinajstić information content (AvgIpc) is 1.87. The van der Waals surface area contributed by atoms with Gasteiger partial charge in [0, 0.05) is 0 Å². The molecule has 0 aliphatic heterocycles. The zero-order chi connectivity index (χ0) is 8.15. The number of hydrogen-bond donors (Lipinski definition) is 0. The molecule has 0 radical (unpaired) electrons. The normalized spacial score (nSPS) is 13.3. The second-order valence-corrected chi connectivity index (χ2v) is 5.02. The fourth-order valence-corrected chi connectivity index (χ4v) is 0.549. The van der Waals surface area contributed by atoms with E-state index in [-0.39, 0.29) is 15.8 Å². The Morgan fingerprint density at radius 2 is 2.10 bits per heavy atom. The lowest BCUT2D eigenvalue weighted by Crippen LogP contribution is -2.18. The van der Waals surface area contributed by atoms with Crippen LogP contribution in [-0.2, 0) is 9.53 Å². The molecule has 0 aliphatic carbocycles. The van der Waals surface area contributed by atoms with Crippen LogP contribution < -0.4 is 0 Å².